The maximum absolute atomic E-state index is 13.7. The van der Waals surface area contributed by atoms with Crippen molar-refractivity contribution in [2.75, 3.05) is 29.9 Å². The lowest BCUT2D eigenvalue weighted by atomic mass is 10.1. The molecule has 1 heterocycles. The average molecular weight is 530 g/mol. The maximum atomic E-state index is 13.7. The summed E-state index contributed by atoms with van der Waals surface area (Å²) >= 11 is 0. The number of ether oxygens (including phenoxy) is 2. The molecule has 0 aromatic heterocycles. The molecule has 200 valence electrons. The van der Waals surface area contributed by atoms with Crippen molar-refractivity contribution in [3.05, 3.63) is 54.1 Å². The van der Waals surface area contributed by atoms with Crippen LogP contribution in [0.5, 0.6) is 11.5 Å². The van der Waals surface area contributed by atoms with Gasteiger partial charge in [0.25, 0.3) is 0 Å². The Morgan fingerprint density at radius 2 is 1.76 bits per heavy atom. The predicted octanol–water partition coefficient (Wildman–Crippen LogP) is 3.09. The Morgan fingerprint density at radius 1 is 1.05 bits per heavy atom. The Kier molecular flexibility index (Phi) is 8.58. The summed E-state index contributed by atoms with van der Waals surface area (Å²) in [5, 5.41) is 3.07. The summed E-state index contributed by atoms with van der Waals surface area (Å²) in [5.74, 6) is 0.0919. The van der Waals surface area contributed by atoms with Crippen LogP contribution in [0.2, 0.25) is 0 Å². The van der Waals surface area contributed by atoms with Crippen LogP contribution in [0, 0.1) is 0 Å². The molecule has 0 unspecified atom stereocenters. The van der Waals surface area contributed by atoms with Crippen molar-refractivity contribution in [1.82, 2.24) is 10.2 Å². The van der Waals surface area contributed by atoms with E-state index in [1.54, 1.807) is 25.1 Å². The molecule has 2 aromatic carbocycles. The Hall–Kier alpha value is -3.27. The van der Waals surface area contributed by atoms with Gasteiger partial charge >= 0.3 is 0 Å². The van der Waals surface area contributed by atoms with Crippen LogP contribution in [0.15, 0.2) is 48.5 Å². The van der Waals surface area contributed by atoms with Crippen LogP contribution in [-0.4, -0.2) is 62.9 Å². The van der Waals surface area contributed by atoms with Gasteiger partial charge in [0, 0.05) is 18.7 Å². The van der Waals surface area contributed by atoms with Crippen LogP contribution in [0.4, 0.5) is 5.69 Å². The number of fused-ring (bicyclic) bond motifs is 1. The zero-order valence-electron chi connectivity index (χ0n) is 21.4. The molecule has 9 nitrogen and oxygen atoms in total. The van der Waals surface area contributed by atoms with Gasteiger partial charge in [-0.15, -0.1) is 0 Å². The molecule has 0 radical (unpaired) electrons. The molecule has 37 heavy (non-hydrogen) atoms. The molecule has 4 rings (SSSR count). The van der Waals surface area contributed by atoms with Gasteiger partial charge in [0.1, 0.15) is 12.6 Å². The van der Waals surface area contributed by atoms with E-state index in [4.69, 9.17) is 9.47 Å². The van der Waals surface area contributed by atoms with Crippen molar-refractivity contribution in [2.24, 2.45) is 0 Å². The third kappa shape index (κ3) is 6.54. The first-order chi connectivity index (χ1) is 17.8. The van der Waals surface area contributed by atoms with Crippen LogP contribution in [-0.2, 0) is 26.0 Å². The van der Waals surface area contributed by atoms with E-state index in [1.807, 2.05) is 30.3 Å². The number of carbonyl (C=O) groups excluding carboxylic acids is 2. The standard InChI is InChI=1S/C27H35N3O6S/c1-3-37(33,34)30(23-13-14-24-25(17-23)36-19-35-24)18-26(31)29(16-15-21-9-5-4-6-10-21)20(2)27(32)28-22-11-7-8-12-22/h4-6,9-10,13-14,17,20,22H,3,7-8,11-12,15-16,18-19H2,1-2H3,(H,28,32)/t20-/m1/s1. The van der Waals surface area contributed by atoms with E-state index in [-0.39, 0.29) is 31.0 Å². The van der Waals surface area contributed by atoms with Gasteiger partial charge in [-0.1, -0.05) is 43.2 Å². The Bertz CT molecular complexity index is 1200. The molecule has 2 amide bonds. The highest BCUT2D eigenvalue weighted by molar-refractivity contribution is 7.92. The monoisotopic (exact) mass is 529 g/mol. The Labute approximate surface area is 218 Å². The highest BCUT2D eigenvalue weighted by atomic mass is 32.2. The van der Waals surface area contributed by atoms with Gasteiger partial charge in [0.2, 0.25) is 28.6 Å². The first-order valence-electron chi connectivity index (χ1n) is 12.8. The van der Waals surface area contributed by atoms with Gasteiger partial charge in [0.15, 0.2) is 11.5 Å². The molecule has 1 aliphatic heterocycles. The van der Waals surface area contributed by atoms with Gasteiger partial charge in [-0.3, -0.25) is 13.9 Å². The second kappa shape index (κ2) is 11.9. The normalized spacial score (nSPS) is 15.8. The summed E-state index contributed by atoms with van der Waals surface area (Å²) in [5.41, 5.74) is 1.34. The molecule has 1 N–H and O–H groups in total. The van der Waals surface area contributed by atoms with Crippen molar-refractivity contribution < 1.29 is 27.5 Å². The van der Waals surface area contributed by atoms with Crippen LogP contribution in [0.3, 0.4) is 0 Å². The number of anilines is 1. The molecular formula is C27H35N3O6S. The van der Waals surface area contributed by atoms with Gasteiger partial charge in [-0.05, 0) is 50.8 Å². The molecule has 1 saturated carbocycles. The molecule has 1 atom stereocenters. The maximum Gasteiger partial charge on any atom is 0.244 e. The predicted molar refractivity (Wildman–Crippen MR) is 141 cm³/mol. The third-order valence-corrected chi connectivity index (χ3v) is 8.72. The summed E-state index contributed by atoms with van der Waals surface area (Å²) < 4.78 is 38.0. The van der Waals surface area contributed by atoms with E-state index < -0.39 is 28.5 Å². The fourth-order valence-electron chi connectivity index (χ4n) is 4.72. The fourth-order valence-corrected chi connectivity index (χ4v) is 5.78. The molecule has 1 aliphatic carbocycles. The van der Waals surface area contributed by atoms with Crippen molar-refractivity contribution in [1.29, 1.82) is 0 Å². The third-order valence-electron chi connectivity index (χ3n) is 6.98. The zero-order chi connectivity index (χ0) is 26.4. The number of amides is 2. The number of benzene rings is 2. The van der Waals surface area contributed by atoms with Crippen molar-refractivity contribution in [3.8, 4) is 11.5 Å². The summed E-state index contributed by atoms with van der Waals surface area (Å²) in [4.78, 5) is 28.3. The first-order valence-corrected chi connectivity index (χ1v) is 14.4. The van der Waals surface area contributed by atoms with E-state index >= 15 is 0 Å². The lowest BCUT2D eigenvalue weighted by Crippen LogP contribution is -2.53. The average Bonchev–Trinajstić information content (AvgIpc) is 3.59. The molecule has 1 fully saturated rings. The largest absolute Gasteiger partial charge is 0.454 e. The molecule has 0 bridgehead atoms. The Morgan fingerprint density at radius 3 is 2.46 bits per heavy atom. The fraction of sp³-hybridized carbons (Fsp3) is 0.481. The minimum atomic E-state index is -3.80. The van der Waals surface area contributed by atoms with E-state index in [0.717, 1.165) is 35.6 Å². The van der Waals surface area contributed by atoms with Crippen molar-refractivity contribution >= 4 is 27.5 Å². The SMILES string of the molecule is CCS(=O)(=O)N(CC(=O)N(CCc1ccccc1)[C@H](C)C(=O)NC1CCCC1)c1ccc2c(c1)OCO2. The minimum absolute atomic E-state index is 0.0547. The minimum Gasteiger partial charge on any atom is -0.454 e. The van der Waals surface area contributed by atoms with Crippen molar-refractivity contribution in [3.63, 3.8) is 0 Å². The van der Waals surface area contributed by atoms with E-state index in [1.165, 1.54) is 11.8 Å². The lowest BCUT2D eigenvalue weighted by Gasteiger charge is -2.32. The van der Waals surface area contributed by atoms with Crippen LogP contribution in [0.1, 0.15) is 45.1 Å². The molecule has 0 spiro atoms. The van der Waals surface area contributed by atoms with Crippen LogP contribution in [0.25, 0.3) is 0 Å². The van der Waals surface area contributed by atoms with Gasteiger partial charge in [-0.2, -0.15) is 0 Å². The second-order valence-corrected chi connectivity index (χ2v) is 11.6. The summed E-state index contributed by atoms with van der Waals surface area (Å²) in [6.45, 7) is 3.14. The van der Waals surface area contributed by atoms with Crippen molar-refractivity contribution in [2.45, 2.75) is 58.0 Å². The first kappa shape index (κ1) is 26.8. The molecule has 2 aliphatic rings. The highest BCUT2D eigenvalue weighted by Crippen LogP contribution is 2.36. The van der Waals surface area contributed by atoms with Gasteiger partial charge in [-0.25, -0.2) is 8.42 Å². The number of hydrogen-bond acceptors (Lipinski definition) is 6. The summed E-state index contributed by atoms with van der Waals surface area (Å²) in [7, 11) is -3.80. The smallest absolute Gasteiger partial charge is 0.244 e. The van der Waals surface area contributed by atoms with Gasteiger partial charge in [0.05, 0.1) is 11.4 Å². The van der Waals surface area contributed by atoms with E-state index in [2.05, 4.69) is 5.32 Å². The molecule has 10 heteroatoms. The zero-order valence-corrected chi connectivity index (χ0v) is 22.2. The molecular weight excluding hydrogens is 494 g/mol. The number of carbonyl (C=O) groups is 2. The quantitative estimate of drug-likeness (QED) is 0.480. The summed E-state index contributed by atoms with van der Waals surface area (Å²) in [6, 6.07) is 13.9. The van der Waals surface area contributed by atoms with E-state index in [0.29, 0.717) is 23.6 Å². The number of sulfonamides is 1. The summed E-state index contributed by atoms with van der Waals surface area (Å²) in [6.07, 6.45) is 4.56. The topological polar surface area (TPSA) is 105 Å². The lowest BCUT2D eigenvalue weighted by molar-refractivity contribution is -0.139. The van der Waals surface area contributed by atoms with Crippen LogP contribution < -0.4 is 19.1 Å². The van der Waals surface area contributed by atoms with Crippen LogP contribution >= 0.6 is 0 Å². The highest BCUT2D eigenvalue weighted by Gasteiger charge is 2.32. The van der Waals surface area contributed by atoms with E-state index in [9.17, 15) is 18.0 Å². The molecule has 0 saturated heterocycles. The number of nitrogens with one attached hydrogen (secondary N) is 1. The second-order valence-electron chi connectivity index (χ2n) is 9.43. The number of hydrogen-bond donors (Lipinski definition) is 1. The Balaban J connectivity index is 1.57. The van der Waals surface area contributed by atoms with Gasteiger partial charge < -0.3 is 19.7 Å². The molecule has 2 aromatic rings. The number of nitrogens with zero attached hydrogens (tertiary/aromatic N) is 2. The number of rotatable bonds is 11.